The lowest BCUT2D eigenvalue weighted by Gasteiger charge is -2.19. The van der Waals surface area contributed by atoms with Gasteiger partial charge in [0.2, 0.25) is 0 Å². The number of hydrogen-bond donors (Lipinski definition) is 1. The first-order valence-electron chi connectivity index (χ1n) is 8.78. The number of nitrogens with one attached hydrogen (secondary N) is 1. The first-order chi connectivity index (χ1) is 13.2. The monoisotopic (exact) mass is 361 g/mol. The lowest BCUT2D eigenvalue weighted by molar-refractivity contribution is 0.0950. The van der Waals surface area contributed by atoms with Crippen LogP contribution in [0.25, 0.3) is 0 Å². The lowest BCUT2D eigenvalue weighted by atomic mass is 10.2. The molecule has 1 aromatic heterocycles. The van der Waals surface area contributed by atoms with Crippen LogP contribution in [-0.4, -0.2) is 25.0 Å². The highest BCUT2D eigenvalue weighted by atomic mass is 16.5. The summed E-state index contributed by atoms with van der Waals surface area (Å²) in [5.74, 6) is 1.37. The molecule has 5 nitrogen and oxygen atoms in total. The largest absolute Gasteiger partial charge is 0.496 e. The molecular weight excluding hydrogens is 338 g/mol. The molecule has 2 aromatic carbocycles. The summed E-state index contributed by atoms with van der Waals surface area (Å²) in [6.45, 7) is 1.13. The summed E-state index contributed by atoms with van der Waals surface area (Å²) in [4.78, 5) is 19.0. The average Bonchev–Trinajstić information content (AvgIpc) is 2.73. The van der Waals surface area contributed by atoms with Crippen LogP contribution in [0.4, 0.5) is 5.82 Å². The van der Waals surface area contributed by atoms with Gasteiger partial charge in [-0.15, -0.1) is 0 Å². The number of aromatic nitrogens is 1. The Morgan fingerprint density at radius 3 is 2.59 bits per heavy atom. The number of pyridine rings is 1. The standard InChI is InChI=1S/C22H23N3O2/c1-25(16-17-8-4-3-5-9-17)21-14-18(12-13-23-21)22(26)24-15-19-10-6-7-11-20(19)27-2/h3-14H,15-16H2,1-2H3,(H,24,26). The predicted molar refractivity (Wildman–Crippen MR) is 107 cm³/mol. The highest BCUT2D eigenvalue weighted by molar-refractivity contribution is 5.94. The molecule has 0 aliphatic rings. The van der Waals surface area contributed by atoms with Crippen molar-refractivity contribution in [2.24, 2.45) is 0 Å². The van der Waals surface area contributed by atoms with Gasteiger partial charge in [0.05, 0.1) is 7.11 Å². The van der Waals surface area contributed by atoms with Crippen molar-refractivity contribution in [1.29, 1.82) is 0 Å². The van der Waals surface area contributed by atoms with Crippen LogP contribution in [0.5, 0.6) is 5.75 Å². The fourth-order valence-electron chi connectivity index (χ4n) is 2.83. The number of carbonyl (C=O) groups is 1. The van der Waals surface area contributed by atoms with Crippen LogP contribution in [-0.2, 0) is 13.1 Å². The van der Waals surface area contributed by atoms with Gasteiger partial charge in [-0.05, 0) is 23.8 Å². The molecule has 3 rings (SSSR count). The van der Waals surface area contributed by atoms with E-state index < -0.39 is 0 Å². The zero-order chi connectivity index (χ0) is 19.1. The van der Waals surface area contributed by atoms with Gasteiger partial charge in [-0.2, -0.15) is 0 Å². The Morgan fingerprint density at radius 2 is 1.81 bits per heavy atom. The molecule has 0 fully saturated rings. The molecule has 138 valence electrons. The SMILES string of the molecule is COc1ccccc1CNC(=O)c1ccnc(N(C)Cc2ccccc2)c1. The molecule has 1 N–H and O–H groups in total. The molecule has 0 saturated heterocycles. The van der Waals surface area contributed by atoms with Crippen LogP contribution in [0.1, 0.15) is 21.5 Å². The van der Waals surface area contributed by atoms with E-state index in [0.717, 1.165) is 23.7 Å². The van der Waals surface area contributed by atoms with Crippen molar-refractivity contribution in [1.82, 2.24) is 10.3 Å². The fraction of sp³-hybridized carbons (Fsp3) is 0.182. The van der Waals surface area contributed by atoms with Gasteiger partial charge in [0.1, 0.15) is 11.6 Å². The van der Waals surface area contributed by atoms with E-state index in [1.54, 1.807) is 25.4 Å². The predicted octanol–water partition coefficient (Wildman–Crippen LogP) is 3.66. The molecule has 0 aliphatic carbocycles. The Morgan fingerprint density at radius 1 is 1.07 bits per heavy atom. The zero-order valence-electron chi connectivity index (χ0n) is 15.6. The number of anilines is 1. The van der Waals surface area contributed by atoms with Crippen molar-refractivity contribution < 1.29 is 9.53 Å². The number of methoxy groups -OCH3 is 1. The van der Waals surface area contributed by atoms with Crippen molar-refractivity contribution in [3.63, 3.8) is 0 Å². The second kappa shape index (κ2) is 8.85. The van der Waals surface area contributed by atoms with Gasteiger partial charge in [-0.3, -0.25) is 4.79 Å². The van der Waals surface area contributed by atoms with Crippen LogP contribution >= 0.6 is 0 Å². The van der Waals surface area contributed by atoms with E-state index in [4.69, 9.17) is 4.74 Å². The van der Waals surface area contributed by atoms with E-state index in [9.17, 15) is 4.79 Å². The third-order valence-electron chi connectivity index (χ3n) is 4.29. The van der Waals surface area contributed by atoms with Crippen LogP contribution in [0, 0.1) is 0 Å². The average molecular weight is 361 g/mol. The van der Waals surface area contributed by atoms with Crippen LogP contribution in [0.15, 0.2) is 72.9 Å². The summed E-state index contributed by atoms with van der Waals surface area (Å²) in [5, 5.41) is 2.94. The summed E-state index contributed by atoms with van der Waals surface area (Å²) >= 11 is 0. The molecular formula is C22H23N3O2. The van der Waals surface area contributed by atoms with Crippen molar-refractivity contribution in [3.8, 4) is 5.75 Å². The smallest absolute Gasteiger partial charge is 0.251 e. The second-order valence-electron chi connectivity index (χ2n) is 6.24. The normalized spacial score (nSPS) is 10.3. The van der Waals surface area contributed by atoms with Crippen molar-refractivity contribution in [2.45, 2.75) is 13.1 Å². The van der Waals surface area contributed by atoms with Gasteiger partial charge in [0.15, 0.2) is 0 Å². The topological polar surface area (TPSA) is 54.5 Å². The highest BCUT2D eigenvalue weighted by Gasteiger charge is 2.11. The molecule has 0 saturated carbocycles. The Kier molecular flexibility index (Phi) is 6.05. The van der Waals surface area contributed by atoms with Crippen LogP contribution in [0.2, 0.25) is 0 Å². The van der Waals surface area contributed by atoms with Crippen LogP contribution < -0.4 is 15.0 Å². The third-order valence-corrected chi connectivity index (χ3v) is 4.29. The molecule has 1 amide bonds. The van der Waals surface area contributed by atoms with E-state index in [0.29, 0.717) is 12.1 Å². The Bertz CT molecular complexity index is 897. The van der Waals surface area contributed by atoms with Gasteiger partial charge in [-0.25, -0.2) is 4.98 Å². The number of amides is 1. The van der Waals surface area contributed by atoms with Gasteiger partial charge < -0.3 is 15.0 Å². The summed E-state index contributed by atoms with van der Waals surface area (Å²) in [7, 11) is 3.59. The molecule has 0 unspecified atom stereocenters. The van der Waals surface area contributed by atoms with Gasteiger partial charge >= 0.3 is 0 Å². The quantitative estimate of drug-likeness (QED) is 0.698. The number of benzene rings is 2. The van der Waals surface area contributed by atoms with E-state index in [-0.39, 0.29) is 5.91 Å². The summed E-state index contributed by atoms with van der Waals surface area (Å²) in [5.41, 5.74) is 2.70. The molecule has 27 heavy (non-hydrogen) atoms. The molecule has 1 heterocycles. The van der Waals surface area contributed by atoms with E-state index in [2.05, 4.69) is 22.4 Å². The van der Waals surface area contributed by atoms with Gasteiger partial charge in [0, 0.05) is 37.5 Å². The molecule has 0 radical (unpaired) electrons. The zero-order valence-corrected chi connectivity index (χ0v) is 15.6. The van der Waals surface area contributed by atoms with Crippen LogP contribution in [0.3, 0.4) is 0 Å². The molecule has 0 spiro atoms. The maximum atomic E-state index is 12.6. The Labute approximate surface area is 159 Å². The summed E-state index contributed by atoms with van der Waals surface area (Å²) in [6.07, 6.45) is 1.66. The van der Waals surface area contributed by atoms with Crippen molar-refractivity contribution in [3.05, 3.63) is 89.6 Å². The number of nitrogens with zero attached hydrogens (tertiary/aromatic N) is 2. The van der Waals surface area contributed by atoms with Gasteiger partial charge in [0.25, 0.3) is 5.91 Å². The van der Waals surface area contributed by atoms with E-state index >= 15 is 0 Å². The third kappa shape index (κ3) is 4.85. The number of rotatable bonds is 7. The summed E-state index contributed by atoms with van der Waals surface area (Å²) in [6, 6.07) is 21.3. The number of carbonyl (C=O) groups excluding carboxylic acids is 1. The molecule has 3 aromatic rings. The Hall–Kier alpha value is -3.34. The second-order valence-corrected chi connectivity index (χ2v) is 6.24. The minimum Gasteiger partial charge on any atom is -0.496 e. The number of ether oxygens (including phenoxy) is 1. The van der Waals surface area contributed by atoms with Gasteiger partial charge in [-0.1, -0.05) is 48.5 Å². The van der Waals surface area contributed by atoms with E-state index in [1.807, 2.05) is 54.4 Å². The first kappa shape index (κ1) is 18.5. The maximum Gasteiger partial charge on any atom is 0.251 e. The first-order valence-corrected chi connectivity index (χ1v) is 8.78. The van der Waals surface area contributed by atoms with E-state index in [1.165, 1.54) is 5.56 Å². The van der Waals surface area contributed by atoms with Crippen molar-refractivity contribution in [2.75, 3.05) is 19.1 Å². The molecule has 0 atom stereocenters. The summed E-state index contributed by atoms with van der Waals surface area (Å²) < 4.78 is 5.32. The maximum absolute atomic E-state index is 12.6. The lowest BCUT2D eigenvalue weighted by Crippen LogP contribution is -2.24. The molecule has 5 heteroatoms. The highest BCUT2D eigenvalue weighted by Crippen LogP contribution is 2.18. The minimum absolute atomic E-state index is 0.141. The fourth-order valence-corrected chi connectivity index (χ4v) is 2.83. The number of para-hydroxylation sites is 1. The molecule has 0 aliphatic heterocycles. The Balaban J connectivity index is 1.66. The minimum atomic E-state index is -0.141. The molecule has 0 bridgehead atoms. The number of hydrogen-bond acceptors (Lipinski definition) is 4. The van der Waals surface area contributed by atoms with Crippen molar-refractivity contribution >= 4 is 11.7 Å².